The first-order valence-corrected chi connectivity index (χ1v) is 6.18. The Bertz CT molecular complexity index is 378. The molecule has 1 aliphatic heterocycles. The van der Waals surface area contributed by atoms with Crippen LogP contribution < -0.4 is 4.90 Å². The van der Waals surface area contributed by atoms with Crippen molar-refractivity contribution in [1.29, 1.82) is 0 Å². The summed E-state index contributed by atoms with van der Waals surface area (Å²) < 4.78 is 0. The Morgan fingerprint density at radius 1 is 1.50 bits per heavy atom. The maximum absolute atomic E-state index is 9.09. The lowest BCUT2D eigenvalue weighted by Crippen LogP contribution is -2.29. The maximum atomic E-state index is 9.09. The quantitative estimate of drug-likeness (QED) is 0.877. The molecule has 1 heterocycles. The van der Waals surface area contributed by atoms with Crippen molar-refractivity contribution in [2.24, 2.45) is 0 Å². The third-order valence-electron chi connectivity index (χ3n) is 3.26. The number of halogens is 1. The molecule has 1 N–H and O–H groups in total. The van der Waals surface area contributed by atoms with Crippen molar-refractivity contribution in [1.82, 2.24) is 0 Å². The predicted octanol–water partition coefficient (Wildman–Crippen LogP) is 3.03. The summed E-state index contributed by atoms with van der Waals surface area (Å²) in [6.45, 7) is 5.62. The SMILES string of the molecule is CC(C)N1CC(CCO)c2cc(Cl)ccc21. The zero-order chi connectivity index (χ0) is 11.7. The van der Waals surface area contributed by atoms with Crippen LogP contribution in [0.15, 0.2) is 18.2 Å². The van der Waals surface area contributed by atoms with Gasteiger partial charge in [0.25, 0.3) is 0 Å². The Labute approximate surface area is 102 Å². The van der Waals surface area contributed by atoms with E-state index in [1.807, 2.05) is 12.1 Å². The van der Waals surface area contributed by atoms with Gasteiger partial charge in [0.05, 0.1) is 0 Å². The highest BCUT2D eigenvalue weighted by molar-refractivity contribution is 6.30. The largest absolute Gasteiger partial charge is 0.396 e. The van der Waals surface area contributed by atoms with Crippen LogP contribution in [0.4, 0.5) is 5.69 Å². The topological polar surface area (TPSA) is 23.5 Å². The van der Waals surface area contributed by atoms with Crippen LogP contribution in [0.5, 0.6) is 0 Å². The molecule has 3 heteroatoms. The molecule has 1 unspecified atom stereocenters. The van der Waals surface area contributed by atoms with Gasteiger partial charge in [-0.3, -0.25) is 0 Å². The molecule has 0 saturated heterocycles. The molecular weight excluding hydrogens is 222 g/mol. The molecule has 1 atom stereocenters. The zero-order valence-electron chi connectivity index (χ0n) is 9.78. The number of hydrogen-bond acceptors (Lipinski definition) is 2. The molecule has 0 aromatic heterocycles. The minimum atomic E-state index is 0.239. The molecule has 1 aromatic carbocycles. The van der Waals surface area contributed by atoms with Crippen LogP contribution in [0.2, 0.25) is 5.02 Å². The van der Waals surface area contributed by atoms with E-state index >= 15 is 0 Å². The summed E-state index contributed by atoms with van der Waals surface area (Å²) >= 11 is 6.04. The van der Waals surface area contributed by atoms with Gasteiger partial charge in [0.2, 0.25) is 0 Å². The molecule has 0 fully saturated rings. The van der Waals surface area contributed by atoms with Gasteiger partial charge in [-0.05, 0) is 44.0 Å². The van der Waals surface area contributed by atoms with Gasteiger partial charge in [0.1, 0.15) is 0 Å². The maximum Gasteiger partial charge on any atom is 0.0437 e. The summed E-state index contributed by atoms with van der Waals surface area (Å²) in [7, 11) is 0. The smallest absolute Gasteiger partial charge is 0.0437 e. The number of rotatable bonds is 3. The average Bonchev–Trinajstić information content (AvgIpc) is 2.58. The molecule has 2 rings (SSSR count). The van der Waals surface area contributed by atoms with Crippen LogP contribution in [0, 0.1) is 0 Å². The summed E-state index contributed by atoms with van der Waals surface area (Å²) in [6, 6.07) is 6.56. The van der Waals surface area contributed by atoms with Gasteiger partial charge in [0.15, 0.2) is 0 Å². The summed E-state index contributed by atoms with van der Waals surface area (Å²) in [4.78, 5) is 2.38. The van der Waals surface area contributed by atoms with Gasteiger partial charge in [0, 0.05) is 35.8 Å². The Kier molecular flexibility index (Phi) is 3.41. The molecule has 0 spiro atoms. The van der Waals surface area contributed by atoms with Gasteiger partial charge in [-0.25, -0.2) is 0 Å². The monoisotopic (exact) mass is 239 g/mol. The second-order valence-corrected chi connectivity index (χ2v) is 5.09. The minimum Gasteiger partial charge on any atom is -0.396 e. The fourth-order valence-corrected chi connectivity index (χ4v) is 2.62. The van der Waals surface area contributed by atoms with E-state index in [0.717, 1.165) is 18.0 Å². The van der Waals surface area contributed by atoms with E-state index in [9.17, 15) is 0 Å². The van der Waals surface area contributed by atoms with Crippen molar-refractivity contribution in [2.75, 3.05) is 18.1 Å². The zero-order valence-corrected chi connectivity index (χ0v) is 10.5. The first kappa shape index (κ1) is 11.7. The number of nitrogens with zero attached hydrogens (tertiary/aromatic N) is 1. The number of anilines is 1. The molecule has 0 amide bonds. The summed E-state index contributed by atoms with van der Waals surface area (Å²) in [6.07, 6.45) is 0.816. The molecule has 0 bridgehead atoms. The highest BCUT2D eigenvalue weighted by atomic mass is 35.5. The fourth-order valence-electron chi connectivity index (χ4n) is 2.44. The van der Waals surface area contributed by atoms with Crippen molar-refractivity contribution >= 4 is 17.3 Å². The van der Waals surface area contributed by atoms with E-state index in [0.29, 0.717) is 12.0 Å². The van der Waals surface area contributed by atoms with Crippen LogP contribution in [-0.4, -0.2) is 24.3 Å². The van der Waals surface area contributed by atoms with Crippen LogP contribution in [0.3, 0.4) is 0 Å². The summed E-state index contributed by atoms with van der Waals surface area (Å²) in [5, 5.41) is 9.88. The van der Waals surface area contributed by atoms with Crippen LogP contribution in [0.1, 0.15) is 31.7 Å². The molecule has 88 valence electrons. The van der Waals surface area contributed by atoms with E-state index in [1.165, 1.54) is 11.3 Å². The molecule has 1 aromatic rings. The lowest BCUT2D eigenvalue weighted by Gasteiger charge is -2.24. The Morgan fingerprint density at radius 3 is 2.88 bits per heavy atom. The Balaban J connectivity index is 2.36. The van der Waals surface area contributed by atoms with E-state index in [-0.39, 0.29) is 6.61 Å². The van der Waals surface area contributed by atoms with Crippen molar-refractivity contribution in [3.63, 3.8) is 0 Å². The van der Waals surface area contributed by atoms with Gasteiger partial charge in [-0.15, -0.1) is 0 Å². The molecule has 0 saturated carbocycles. The van der Waals surface area contributed by atoms with Crippen LogP contribution in [-0.2, 0) is 0 Å². The van der Waals surface area contributed by atoms with Gasteiger partial charge in [-0.2, -0.15) is 0 Å². The number of aliphatic hydroxyl groups excluding tert-OH is 1. The highest BCUT2D eigenvalue weighted by Crippen LogP contribution is 2.40. The Morgan fingerprint density at radius 2 is 2.25 bits per heavy atom. The second kappa shape index (κ2) is 4.64. The number of hydrogen-bond donors (Lipinski definition) is 1. The lowest BCUT2D eigenvalue weighted by molar-refractivity contribution is 0.277. The van der Waals surface area contributed by atoms with Crippen molar-refractivity contribution < 1.29 is 5.11 Å². The third-order valence-corrected chi connectivity index (χ3v) is 3.49. The lowest BCUT2D eigenvalue weighted by atomic mass is 9.98. The van der Waals surface area contributed by atoms with E-state index in [2.05, 4.69) is 24.8 Å². The van der Waals surface area contributed by atoms with Gasteiger partial charge >= 0.3 is 0 Å². The van der Waals surface area contributed by atoms with Gasteiger partial charge in [-0.1, -0.05) is 11.6 Å². The fraction of sp³-hybridized carbons (Fsp3) is 0.538. The van der Waals surface area contributed by atoms with Gasteiger partial charge < -0.3 is 10.0 Å². The number of aliphatic hydroxyl groups is 1. The molecular formula is C13H18ClNO. The van der Waals surface area contributed by atoms with Crippen LogP contribution in [0.25, 0.3) is 0 Å². The summed E-state index contributed by atoms with van der Waals surface area (Å²) in [5.41, 5.74) is 2.56. The standard InChI is InChI=1S/C13H18ClNO/c1-9(2)15-8-10(5-6-16)12-7-11(14)3-4-13(12)15/h3-4,7,9-10,16H,5-6,8H2,1-2H3. The minimum absolute atomic E-state index is 0.239. The Hall–Kier alpha value is -0.730. The van der Waals surface area contributed by atoms with Crippen molar-refractivity contribution in [2.45, 2.75) is 32.2 Å². The van der Waals surface area contributed by atoms with Crippen molar-refractivity contribution in [3.8, 4) is 0 Å². The number of benzene rings is 1. The molecule has 0 radical (unpaired) electrons. The second-order valence-electron chi connectivity index (χ2n) is 4.66. The normalized spacial score (nSPS) is 19.3. The van der Waals surface area contributed by atoms with E-state index in [4.69, 9.17) is 16.7 Å². The first-order valence-electron chi connectivity index (χ1n) is 5.80. The molecule has 0 aliphatic carbocycles. The molecule has 16 heavy (non-hydrogen) atoms. The van der Waals surface area contributed by atoms with E-state index in [1.54, 1.807) is 0 Å². The van der Waals surface area contributed by atoms with E-state index < -0.39 is 0 Å². The van der Waals surface area contributed by atoms with Crippen molar-refractivity contribution in [3.05, 3.63) is 28.8 Å². The summed E-state index contributed by atoms with van der Waals surface area (Å²) in [5.74, 6) is 0.418. The highest BCUT2D eigenvalue weighted by Gasteiger charge is 2.29. The molecule has 2 nitrogen and oxygen atoms in total. The molecule has 1 aliphatic rings. The van der Waals surface area contributed by atoms with Crippen LogP contribution >= 0.6 is 11.6 Å². The number of fused-ring (bicyclic) bond motifs is 1. The predicted molar refractivity (Wildman–Crippen MR) is 68.4 cm³/mol. The average molecular weight is 240 g/mol. The first-order chi connectivity index (χ1) is 7.63. The third kappa shape index (κ3) is 2.04.